The minimum Gasteiger partial charge on any atom is -0.462 e. The molecule has 0 radical (unpaired) electrons. The lowest BCUT2D eigenvalue weighted by atomic mass is 9.68. The fraction of sp³-hybridized carbons (Fsp3) is 0.773. The number of esters is 1. The molecule has 2 N–H and O–H groups in total. The summed E-state index contributed by atoms with van der Waals surface area (Å²) in [4.78, 5) is 11.8. The molecule has 0 bridgehead atoms. The van der Waals surface area contributed by atoms with Gasteiger partial charge in [-0.3, -0.25) is 4.79 Å². The predicted molar refractivity (Wildman–Crippen MR) is 103 cm³/mol. The average Bonchev–Trinajstić information content (AvgIpc) is 2.81. The number of rotatable bonds is 2. The van der Waals surface area contributed by atoms with Crippen LogP contribution in [0.3, 0.4) is 0 Å². The van der Waals surface area contributed by atoms with E-state index in [4.69, 9.17) is 4.74 Å². The zero-order valence-electron chi connectivity index (χ0n) is 17.2. The van der Waals surface area contributed by atoms with E-state index in [1.807, 2.05) is 26.8 Å². The first kappa shape index (κ1) is 21.2. The van der Waals surface area contributed by atoms with Gasteiger partial charge in [0.25, 0.3) is 0 Å². The summed E-state index contributed by atoms with van der Waals surface area (Å²) in [6, 6.07) is 0. The summed E-state index contributed by atoms with van der Waals surface area (Å²) in [5.74, 6) is 0.0565. The van der Waals surface area contributed by atoms with E-state index in [0.717, 1.165) is 18.4 Å². The fourth-order valence-electron chi connectivity index (χ4n) is 5.02. The van der Waals surface area contributed by atoms with Crippen LogP contribution in [0.5, 0.6) is 0 Å². The molecule has 2 aliphatic carbocycles. The van der Waals surface area contributed by atoms with Gasteiger partial charge >= 0.3 is 5.97 Å². The van der Waals surface area contributed by atoms with Crippen LogP contribution in [0.4, 0.5) is 0 Å². The van der Waals surface area contributed by atoms with Crippen molar-refractivity contribution in [2.24, 2.45) is 23.2 Å². The molecule has 1 saturated carbocycles. The standard InChI is InChI=1S/C22H36O4/c1-14-7-9-22(6)10-8-18(21(4,5)25)20(22)19(26-16(3)23)13-15(2)12-17(24)11-14/h7,9,12,14,17-20,24-25H,8,10-11,13H2,1-6H3/b9-7+,15-12+/t14-,17+,18+,19+,20?,22-/m0/s1. The van der Waals surface area contributed by atoms with E-state index in [1.165, 1.54) is 6.92 Å². The quantitative estimate of drug-likeness (QED) is 0.574. The third-order valence-electron chi connectivity index (χ3n) is 6.23. The number of carbonyl (C=O) groups is 1. The highest BCUT2D eigenvalue weighted by molar-refractivity contribution is 5.66. The van der Waals surface area contributed by atoms with Gasteiger partial charge in [0.05, 0.1) is 11.7 Å². The molecule has 2 aliphatic rings. The Balaban J connectivity index is 2.52. The molecule has 0 aromatic carbocycles. The van der Waals surface area contributed by atoms with Crippen LogP contribution < -0.4 is 0 Å². The highest BCUT2D eigenvalue weighted by Crippen LogP contribution is 2.54. The maximum atomic E-state index is 11.8. The summed E-state index contributed by atoms with van der Waals surface area (Å²) >= 11 is 0. The van der Waals surface area contributed by atoms with Crippen molar-refractivity contribution in [3.05, 3.63) is 23.8 Å². The van der Waals surface area contributed by atoms with E-state index >= 15 is 0 Å². The number of allylic oxidation sites excluding steroid dienone is 2. The van der Waals surface area contributed by atoms with E-state index in [1.54, 1.807) is 0 Å². The Kier molecular flexibility index (Phi) is 6.40. The Morgan fingerprint density at radius 2 is 2.04 bits per heavy atom. The zero-order chi connectivity index (χ0) is 19.7. The second-order valence-corrected chi connectivity index (χ2v) is 9.33. The number of hydrogen-bond acceptors (Lipinski definition) is 4. The summed E-state index contributed by atoms with van der Waals surface area (Å²) in [6.07, 6.45) is 8.65. The molecular weight excluding hydrogens is 328 g/mol. The van der Waals surface area contributed by atoms with Crippen molar-refractivity contribution in [2.45, 2.75) is 85.0 Å². The first-order valence-corrected chi connectivity index (χ1v) is 9.86. The molecule has 0 aliphatic heterocycles. The lowest BCUT2D eigenvalue weighted by molar-refractivity contribution is -0.154. The maximum Gasteiger partial charge on any atom is 0.302 e. The molecule has 148 valence electrons. The van der Waals surface area contributed by atoms with Crippen LogP contribution >= 0.6 is 0 Å². The summed E-state index contributed by atoms with van der Waals surface area (Å²) in [7, 11) is 0. The van der Waals surface area contributed by atoms with Crippen molar-refractivity contribution in [2.75, 3.05) is 0 Å². The number of aliphatic hydroxyl groups excluding tert-OH is 1. The van der Waals surface area contributed by atoms with Crippen LogP contribution in [0.25, 0.3) is 0 Å². The van der Waals surface area contributed by atoms with Crippen LogP contribution in [-0.4, -0.2) is 34.0 Å². The average molecular weight is 365 g/mol. The van der Waals surface area contributed by atoms with Crippen LogP contribution in [0.2, 0.25) is 0 Å². The van der Waals surface area contributed by atoms with Crippen molar-refractivity contribution in [3.8, 4) is 0 Å². The molecule has 1 fully saturated rings. The van der Waals surface area contributed by atoms with Crippen LogP contribution in [0.1, 0.15) is 67.2 Å². The molecule has 0 saturated heterocycles. The second-order valence-electron chi connectivity index (χ2n) is 9.33. The molecule has 1 unspecified atom stereocenters. The van der Waals surface area contributed by atoms with E-state index < -0.39 is 11.7 Å². The van der Waals surface area contributed by atoms with E-state index in [0.29, 0.717) is 12.8 Å². The lowest BCUT2D eigenvalue weighted by Crippen LogP contribution is -2.44. The van der Waals surface area contributed by atoms with Gasteiger partial charge in [-0.1, -0.05) is 37.6 Å². The SMILES string of the molecule is CC(=O)O[C@@H]1C/C(C)=C/[C@H](O)C[C@@H](C)/C=C/[C@@]2(C)CC[C@@H](C(C)(C)O)C12. The minimum atomic E-state index is -0.836. The Morgan fingerprint density at radius 1 is 1.38 bits per heavy atom. The number of aliphatic hydroxyl groups is 2. The summed E-state index contributed by atoms with van der Waals surface area (Å²) < 4.78 is 5.79. The largest absolute Gasteiger partial charge is 0.462 e. The van der Waals surface area contributed by atoms with E-state index in [9.17, 15) is 15.0 Å². The van der Waals surface area contributed by atoms with Gasteiger partial charge < -0.3 is 14.9 Å². The Morgan fingerprint density at radius 3 is 2.62 bits per heavy atom. The predicted octanol–water partition coefficient (Wildman–Crippen LogP) is 4.01. The Labute approximate surface area is 158 Å². The minimum absolute atomic E-state index is 0.0356. The van der Waals surface area contributed by atoms with E-state index in [2.05, 4.69) is 26.0 Å². The summed E-state index contributed by atoms with van der Waals surface area (Å²) in [5, 5.41) is 21.1. The third-order valence-corrected chi connectivity index (χ3v) is 6.23. The van der Waals surface area contributed by atoms with Crippen molar-refractivity contribution in [3.63, 3.8) is 0 Å². The lowest BCUT2D eigenvalue weighted by Gasteiger charge is -2.41. The molecule has 4 heteroatoms. The molecule has 2 rings (SSSR count). The van der Waals surface area contributed by atoms with Gasteiger partial charge in [0.1, 0.15) is 6.10 Å². The van der Waals surface area contributed by atoms with Gasteiger partial charge in [0.2, 0.25) is 0 Å². The van der Waals surface area contributed by atoms with Gasteiger partial charge in [0, 0.05) is 19.3 Å². The fourth-order valence-corrected chi connectivity index (χ4v) is 5.02. The maximum absolute atomic E-state index is 11.8. The van der Waals surface area contributed by atoms with Gasteiger partial charge in [-0.2, -0.15) is 0 Å². The van der Waals surface area contributed by atoms with Crippen molar-refractivity contribution in [1.29, 1.82) is 0 Å². The topological polar surface area (TPSA) is 66.8 Å². The van der Waals surface area contributed by atoms with Crippen LogP contribution in [0.15, 0.2) is 23.8 Å². The monoisotopic (exact) mass is 364 g/mol. The van der Waals surface area contributed by atoms with Gasteiger partial charge in [-0.05, 0) is 57.3 Å². The molecule has 0 aromatic rings. The second kappa shape index (κ2) is 7.85. The highest BCUT2D eigenvalue weighted by atomic mass is 16.5. The molecule has 0 aromatic heterocycles. The highest BCUT2D eigenvalue weighted by Gasteiger charge is 2.53. The van der Waals surface area contributed by atoms with Gasteiger partial charge in [-0.25, -0.2) is 0 Å². The van der Waals surface area contributed by atoms with Crippen molar-refractivity contribution in [1.82, 2.24) is 0 Å². The first-order chi connectivity index (χ1) is 11.9. The van der Waals surface area contributed by atoms with E-state index in [-0.39, 0.29) is 35.2 Å². The Hall–Kier alpha value is -1.13. The van der Waals surface area contributed by atoms with Gasteiger partial charge in [-0.15, -0.1) is 0 Å². The third kappa shape index (κ3) is 4.98. The van der Waals surface area contributed by atoms with Crippen LogP contribution in [-0.2, 0) is 9.53 Å². The first-order valence-electron chi connectivity index (χ1n) is 9.86. The number of ether oxygens (including phenoxy) is 1. The molecule has 0 heterocycles. The normalized spacial score (nSPS) is 42.2. The molecule has 0 spiro atoms. The molecule has 6 atom stereocenters. The smallest absolute Gasteiger partial charge is 0.302 e. The molecular formula is C22H36O4. The number of hydrogen-bond donors (Lipinski definition) is 2. The summed E-state index contributed by atoms with van der Waals surface area (Å²) in [5.41, 5.74) is 0.0493. The summed E-state index contributed by atoms with van der Waals surface area (Å²) in [6.45, 7) is 11.5. The van der Waals surface area contributed by atoms with Crippen molar-refractivity contribution < 1.29 is 19.7 Å². The molecule has 0 amide bonds. The Bertz CT molecular complexity index is 571. The molecule has 26 heavy (non-hydrogen) atoms. The molecule has 4 nitrogen and oxygen atoms in total. The number of carbonyl (C=O) groups excluding carboxylic acids is 1. The van der Waals surface area contributed by atoms with Crippen LogP contribution in [0, 0.1) is 23.2 Å². The number of fused-ring (bicyclic) bond motifs is 1. The van der Waals surface area contributed by atoms with Gasteiger partial charge in [0.15, 0.2) is 0 Å². The van der Waals surface area contributed by atoms with Crippen molar-refractivity contribution >= 4 is 5.97 Å². The zero-order valence-corrected chi connectivity index (χ0v) is 17.2.